The van der Waals surface area contributed by atoms with E-state index >= 15 is 0 Å². The van der Waals surface area contributed by atoms with Crippen molar-refractivity contribution in [3.05, 3.63) is 22.8 Å². The fraction of sp³-hybridized carbons (Fsp3) is 0.545. The molecule has 1 aromatic rings. The van der Waals surface area contributed by atoms with Crippen LogP contribution in [0.25, 0.3) is 0 Å². The molecule has 17 heavy (non-hydrogen) atoms. The van der Waals surface area contributed by atoms with Gasteiger partial charge in [0, 0.05) is 32.2 Å². The molecule has 1 aliphatic rings. The predicted molar refractivity (Wildman–Crippen MR) is 59.7 cm³/mol. The Morgan fingerprint density at radius 3 is 2.94 bits per heavy atom. The van der Waals surface area contributed by atoms with Crippen LogP contribution >= 0.6 is 0 Å². The van der Waals surface area contributed by atoms with Gasteiger partial charge in [-0.1, -0.05) is 0 Å². The lowest BCUT2D eigenvalue weighted by atomic mass is 10.0. The fourth-order valence-electron chi connectivity index (χ4n) is 1.97. The second-order valence-electron chi connectivity index (χ2n) is 4.14. The molecule has 0 aliphatic carbocycles. The number of aromatic carboxylic acids is 1. The van der Waals surface area contributed by atoms with E-state index in [-0.39, 0.29) is 12.3 Å². The number of carboxylic acid groups (broad SMARTS) is 1. The van der Waals surface area contributed by atoms with E-state index in [1.807, 2.05) is 7.05 Å². The number of methoxy groups -OCH3 is 1. The van der Waals surface area contributed by atoms with Gasteiger partial charge in [0.15, 0.2) is 11.5 Å². The first-order valence-corrected chi connectivity index (χ1v) is 5.41. The van der Waals surface area contributed by atoms with Crippen LogP contribution in [0.5, 0.6) is 0 Å². The Hall–Kier alpha value is -1.53. The number of fused-ring (bicyclic) bond motifs is 1. The van der Waals surface area contributed by atoms with Crippen LogP contribution in [0.1, 0.15) is 27.6 Å². The van der Waals surface area contributed by atoms with E-state index in [0.29, 0.717) is 12.4 Å². The highest BCUT2D eigenvalue weighted by molar-refractivity contribution is 5.87. The highest BCUT2D eigenvalue weighted by Gasteiger charge is 2.23. The van der Waals surface area contributed by atoms with Gasteiger partial charge in [0.25, 0.3) is 0 Å². The Bertz CT molecular complexity index is 448. The maximum absolute atomic E-state index is 11.2. The minimum atomic E-state index is -1.00. The zero-order chi connectivity index (χ0) is 12.4. The first kappa shape index (κ1) is 11.9. The molecule has 2 heterocycles. The Morgan fingerprint density at radius 1 is 1.53 bits per heavy atom. The van der Waals surface area contributed by atoms with Gasteiger partial charge in [0.05, 0.1) is 5.69 Å². The molecule has 0 saturated heterocycles. The van der Waals surface area contributed by atoms with Gasteiger partial charge in [0.2, 0.25) is 0 Å². The number of ether oxygens (including phenoxy) is 1. The SMILES string of the molecule is COCc1nc2c(c(C(=O)O)n1)CN(C)CC2. The number of likely N-dealkylation sites (N-methyl/N-ethyl adjacent to an activating group) is 1. The Labute approximate surface area is 99.2 Å². The number of carbonyl (C=O) groups is 1. The average molecular weight is 237 g/mol. The Kier molecular flexibility index (Phi) is 3.35. The van der Waals surface area contributed by atoms with Crippen LogP contribution in [0.3, 0.4) is 0 Å². The van der Waals surface area contributed by atoms with Crippen LogP contribution in [0.4, 0.5) is 0 Å². The molecule has 0 radical (unpaired) electrons. The molecule has 1 aromatic heterocycles. The van der Waals surface area contributed by atoms with E-state index in [9.17, 15) is 9.90 Å². The highest BCUT2D eigenvalue weighted by atomic mass is 16.5. The molecule has 0 amide bonds. The predicted octanol–water partition coefficient (Wildman–Crippen LogP) is 0.309. The van der Waals surface area contributed by atoms with Crippen LogP contribution in [-0.2, 0) is 24.3 Å². The van der Waals surface area contributed by atoms with Gasteiger partial charge >= 0.3 is 5.97 Å². The van der Waals surface area contributed by atoms with Gasteiger partial charge in [-0.3, -0.25) is 0 Å². The van der Waals surface area contributed by atoms with Gasteiger partial charge in [-0.2, -0.15) is 0 Å². The van der Waals surface area contributed by atoms with Crippen LogP contribution in [0, 0.1) is 0 Å². The Balaban J connectivity index is 2.47. The van der Waals surface area contributed by atoms with Gasteiger partial charge < -0.3 is 14.7 Å². The Morgan fingerprint density at radius 2 is 2.29 bits per heavy atom. The van der Waals surface area contributed by atoms with E-state index in [1.54, 1.807) is 0 Å². The van der Waals surface area contributed by atoms with Crippen molar-refractivity contribution < 1.29 is 14.6 Å². The highest BCUT2D eigenvalue weighted by Crippen LogP contribution is 2.19. The molecule has 2 rings (SSSR count). The summed E-state index contributed by atoms with van der Waals surface area (Å²) in [4.78, 5) is 21.7. The molecule has 1 N–H and O–H groups in total. The average Bonchev–Trinajstić information content (AvgIpc) is 2.28. The van der Waals surface area contributed by atoms with Crippen molar-refractivity contribution in [1.82, 2.24) is 14.9 Å². The molecular weight excluding hydrogens is 222 g/mol. The monoisotopic (exact) mass is 237 g/mol. The quantitative estimate of drug-likeness (QED) is 0.815. The van der Waals surface area contributed by atoms with Gasteiger partial charge in [0.1, 0.15) is 6.61 Å². The summed E-state index contributed by atoms with van der Waals surface area (Å²) < 4.78 is 4.95. The largest absolute Gasteiger partial charge is 0.476 e. The van der Waals surface area contributed by atoms with Crippen molar-refractivity contribution in [2.75, 3.05) is 20.7 Å². The number of hydrogen-bond donors (Lipinski definition) is 1. The van der Waals surface area contributed by atoms with Crippen LogP contribution in [0.2, 0.25) is 0 Å². The minimum Gasteiger partial charge on any atom is -0.476 e. The zero-order valence-electron chi connectivity index (χ0n) is 9.93. The van der Waals surface area contributed by atoms with Crippen molar-refractivity contribution in [1.29, 1.82) is 0 Å². The third-order valence-corrected chi connectivity index (χ3v) is 2.77. The standard InChI is InChI=1S/C11H15N3O3/c1-14-4-3-8-7(5-14)10(11(15)16)13-9(12-8)6-17-2/h3-6H2,1-2H3,(H,15,16). The zero-order valence-corrected chi connectivity index (χ0v) is 9.93. The second kappa shape index (κ2) is 4.77. The number of carboxylic acids is 1. The normalized spacial score (nSPS) is 15.6. The summed E-state index contributed by atoms with van der Waals surface area (Å²) in [6.07, 6.45) is 0.755. The number of rotatable bonds is 3. The smallest absolute Gasteiger partial charge is 0.354 e. The molecule has 0 atom stereocenters. The van der Waals surface area contributed by atoms with Crippen LogP contribution < -0.4 is 0 Å². The molecular formula is C11H15N3O3. The summed E-state index contributed by atoms with van der Waals surface area (Å²) in [6, 6.07) is 0. The second-order valence-corrected chi connectivity index (χ2v) is 4.14. The van der Waals surface area contributed by atoms with E-state index in [1.165, 1.54) is 7.11 Å². The third-order valence-electron chi connectivity index (χ3n) is 2.77. The van der Waals surface area contributed by atoms with Gasteiger partial charge in [-0.05, 0) is 7.05 Å². The molecule has 0 spiro atoms. The lowest BCUT2D eigenvalue weighted by Crippen LogP contribution is -2.30. The lowest BCUT2D eigenvalue weighted by molar-refractivity contribution is 0.0685. The maximum atomic E-state index is 11.2. The van der Waals surface area contributed by atoms with Crippen molar-refractivity contribution >= 4 is 5.97 Å². The summed E-state index contributed by atoms with van der Waals surface area (Å²) >= 11 is 0. The molecule has 6 heteroatoms. The van der Waals surface area contributed by atoms with Crippen LogP contribution in [-0.4, -0.2) is 46.6 Å². The van der Waals surface area contributed by atoms with E-state index in [4.69, 9.17) is 4.74 Å². The van der Waals surface area contributed by atoms with Crippen LogP contribution in [0.15, 0.2) is 0 Å². The summed E-state index contributed by atoms with van der Waals surface area (Å²) in [5.74, 6) is -0.565. The molecule has 0 fully saturated rings. The van der Waals surface area contributed by atoms with Crippen molar-refractivity contribution in [2.24, 2.45) is 0 Å². The van der Waals surface area contributed by atoms with Gasteiger partial charge in [-0.15, -0.1) is 0 Å². The summed E-state index contributed by atoms with van der Waals surface area (Å²) in [5, 5.41) is 9.17. The molecule has 1 aliphatic heterocycles. The van der Waals surface area contributed by atoms with E-state index < -0.39 is 5.97 Å². The summed E-state index contributed by atoms with van der Waals surface area (Å²) in [6.45, 7) is 1.71. The molecule has 0 aromatic carbocycles. The third kappa shape index (κ3) is 2.42. The number of nitrogens with zero attached hydrogens (tertiary/aromatic N) is 3. The molecule has 6 nitrogen and oxygen atoms in total. The lowest BCUT2D eigenvalue weighted by Gasteiger charge is -2.25. The fourth-order valence-corrected chi connectivity index (χ4v) is 1.97. The topological polar surface area (TPSA) is 75.5 Å². The van der Waals surface area contributed by atoms with E-state index in [0.717, 1.165) is 24.2 Å². The summed E-state index contributed by atoms with van der Waals surface area (Å²) in [7, 11) is 3.49. The molecule has 0 unspecified atom stereocenters. The first-order valence-electron chi connectivity index (χ1n) is 5.41. The molecule has 0 saturated carbocycles. The number of hydrogen-bond acceptors (Lipinski definition) is 5. The van der Waals surface area contributed by atoms with Gasteiger partial charge in [-0.25, -0.2) is 14.8 Å². The number of aromatic nitrogens is 2. The van der Waals surface area contributed by atoms with Crippen molar-refractivity contribution in [3.8, 4) is 0 Å². The summed E-state index contributed by atoms with van der Waals surface area (Å²) in [5.41, 5.74) is 1.67. The van der Waals surface area contributed by atoms with Crippen molar-refractivity contribution in [2.45, 2.75) is 19.6 Å². The maximum Gasteiger partial charge on any atom is 0.354 e. The van der Waals surface area contributed by atoms with Crippen molar-refractivity contribution in [3.63, 3.8) is 0 Å². The first-order chi connectivity index (χ1) is 8.11. The molecule has 0 bridgehead atoms. The minimum absolute atomic E-state index is 0.105. The van der Waals surface area contributed by atoms with E-state index in [2.05, 4.69) is 14.9 Å². The molecule has 92 valence electrons.